The molecule has 26 heavy (non-hydrogen) atoms. The van der Waals surface area contributed by atoms with E-state index in [0.717, 1.165) is 31.4 Å². The molecule has 3 heterocycles. The fraction of sp³-hybridized carbons (Fsp3) is 0.556. The third-order valence-corrected chi connectivity index (χ3v) is 5.99. The topological polar surface area (TPSA) is 85.4 Å². The number of nitrogens with zero attached hydrogens (tertiary/aromatic N) is 5. The highest BCUT2D eigenvalue weighted by molar-refractivity contribution is 5.97. The van der Waals surface area contributed by atoms with Gasteiger partial charge in [0.25, 0.3) is 5.91 Å². The smallest absolute Gasteiger partial charge is 0.254 e. The van der Waals surface area contributed by atoms with Gasteiger partial charge in [0.05, 0.1) is 0 Å². The molecule has 2 saturated heterocycles. The summed E-state index contributed by atoms with van der Waals surface area (Å²) in [5.41, 5.74) is 1.95. The molecular formula is C18H24N6O2. The number of carbonyl (C=O) groups excluding carboxylic acids is 2. The van der Waals surface area contributed by atoms with Crippen LogP contribution >= 0.6 is 0 Å². The Kier molecular flexibility index (Phi) is 4.14. The van der Waals surface area contributed by atoms with Crippen LogP contribution in [-0.4, -0.2) is 87.7 Å². The van der Waals surface area contributed by atoms with Crippen molar-refractivity contribution in [1.82, 2.24) is 30.1 Å². The molecule has 1 aromatic heterocycles. The first-order chi connectivity index (χ1) is 12.5. The van der Waals surface area contributed by atoms with E-state index < -0.39 is 0 Å². The molecule has 1 aromatic carbocycles. The van der Waals surface area contributed by atoms with E-state index in [9.17, 15) is 9.59 Å². The number of piperazine rings is 1. The van der Waals surface area contributed by atoms with E-state index in [4.69, 9.17) is 0 Å². The maximum Gasteiger partial charge on any atom is 0.254 e. The number of likely N-dealkylation sites (tertiary alicyclic amines) is 1. The summed E-state index contributed by atoms with van der Waals surface area (Å²) in [6.07, 6.45) is 2.21. The summed E-state index contributed by atoms with van der Waals surface area (Å²) in [4.78, 5) is 31.3. The maximum absolute atomic E-state index is 13.1. The number of rotatable bonds is 1. The predicted molar refractivity (Wildman–Crippen MR) is 96.6 cm³/mol. The number of benzene rings is 1. The van der Waals surface area contributed by atoms with Crippen molar-refractivity contribution in [3.8, 4) is 0 Å². The minimum absolute atomic E-state index is 0.0197. The number of fused-ring (bicyclic) bond motifs is 1. The first-order valence-corrected chi connectivity index (χ1v) is 9.04. The van der Waals surface area contributed by atoms with Gasteiger partial charge >= 0.3 is 0 Å². The van der Waals surface area contributed by atoms with Gasteiger partial charge in [-0.1, -0.05) is 0 Å². The molecule has 2 aliphatic rings. The lowest BCUT2D eigenvalue weighted by molar-refractivity contribution is -0.129. The first kappa shape index (κ1) is 17.0. The summed E-state index contributed by atoms with van der Waals surface area (Å²) in [5, 5.41) is 10.7. The molecule has 2 fully saturated rings. The molecule has 1 spiro atoms. The van der Waals surface area contributed by atoms with Gasteiger partial charge in [0, 0.05) is 50.7 Å². The van der Waals surface area contributed by atoms with Crippen molar-refractivity contribution in [2.75, 3.05) is 40.3 Å². The van der Waals surface area contributed by atoms with Crippen molar-refractivity contribution >= 4 is 22.8 Å². The van der Waals surface area contributed by atoms with Gasteiger partial charge in [-0.25, -0.2) is 0 Å². The highest BCUT2D eigenvalue weighted by Crippen LogP contribution is 2.32. The highest BCUT2D eigenvalue weighted by atomic mass is 16.2. The van der Waals surface area contributed by atoms with Gasteiger partial charge in [-0.15, -0.1) is 0 Å². The highest BCUT2D eigenvalue weighted by Gasteiger charge is 2.43. The molecule has 138 valence electrons. The maximum atomic E-state index is 13.1. The number of hydrogen-bond acceptors (Lipinski definition) is 5. The summed E-state index contributed by atoms with van der Waals surface area (Å²) in [7, 11) is 3.97. The van der Waals surface area contributed by atoms with E-state index in [0.29, 0.717) is 30.6 Å². The zero-order valence-corrected chi connectivity index (χ0v) is 15.2. The lowest BCUT2D eigenvalue weighted by Crippen LogP contribution is -2.62. The number of nitrogens with one attached hydrogen (secondary N) is 1. The summed E-state index contributed by atoms with van der Waals surface area (Å²) >= 11 is 0. The van der Waals surface area contributed by atoms with Gasteiger partial charge in [0.15, 0.2) is 0 Å². The van der Waals surface area contributed by atoms with E-state index in [1.165, 1.54) is 0 Å². The van der Waals surface area contributed by atoms with Crippen LogP contribution in [0.5, 0.6) is 0 Å². The van der Waals surface area contributed by atoms with Crippen LogP contribution in [0.1, 0.15) is 29.6 Å². The molecule has 2 amide bonds. The van der Waals surface area contributed by atoms with Gasteiger partial charge in [-0.05, 0) is 38.1 Å². The first-order valence-electron chi connectivity index (χ1n) is 9.04. The van der Waals surface area contributed by atoms with Gasteiger partial charge in [0.1, 0.15) is 11.0 Å². The Hall–Kier alpha value is -2.48. The van der Waals surface area contributed by atoms with Crippen molar-refractivity contribution < 1.29 is 9.59 Å². The van der Waals surface area contributed by atoms with Gasteiger partial charge in [-0.3, -0.25) is 14.5 Å². The number of likely N-dealkylation sites (N-methyl/N-ethyl adjacent to an activating group) is 1. The monoisotopic (exact) mass is 356 g/mol. The molecule has 0 aliphatic carbocycles. The van der Waals surface area contributed by atoms with E-state index in [1.54, 1.807) is 6.07 Å². The van der Waals surface area contributed by atoms with Crippen molar-refractivity contribution in [3.63, 3.8) is 0 Å². The summed E-state index contributed by atoms with van der Waals surface area (Å²) in [5.74, 6) is 0.210. The lowest BCUT2D eigenvalue weighted by Gasteiger charge is -2.49. The molecule has 2 aromatic rings. The summed E-state index contributed by atoms with van der Waals surface area (Å²) in [6, 6.07) is 5.41. The van der Waals surface area contributed by atoms with Gasteiger partial charge in [-0.2, -0.15) is 15.4 Å². The Morgan fingerprint density at radius 1 is 1.12 bits per heavy atom. The second kappa shape index (κ2) is 6.35. The number of hydrogen-bond donors (Lipinski definition) is 1. The molecule has 8 heteroatoms. The summed E-state index contributed by atoms with van der Waals surface area (Å²) < 4.78 is 0. The Morgan fingerprint density at radius 2 is 1.92 bits per heavy atom. The number of carbonyl (C=O) groups is 2. The number of aromatic nitrogens is 3. The molecule has 0 saturated carbocycles. The Bertz CT molecular complexity index is 849. The average Bonchev–Trinajstić information content (AvgIpc) is 3.07. The standard InChI is InChI=1S/C18H24N6O2/c1-22-8-7-18(6-5-16(22)25)12-24(10-9-23(18)2)17(26)13-3-4-14-15(11-13)20-21-19-14/h3-4,11H,5-10,12H2,1-2H3,(H,19,20,21)/t18-/m1/s1. The largest absolute Gasteiger partial charge is 0.346 e. The van der Waals surface area contributed by atoms with Crippen LogP contribution in [0.4, 0.5) is 0 Å². The molecule has 1 atom stereocenters. The fourth-order valence-electron chi connectivity index (χ4n) is 4.09. The number of amides is 2. The van der Waals surface area contributed by atoms with Gasteiger partial charge in [0.2, 0.25) is 5.91 Å². The van der Waals surface area contributed by atoms with Crippen LogP contribution in [0.25, 0.3) is 11.0 Å². The molecule has 2 aliphatic heterocycles. The van der Waals surface area contributed by atoms with Crippen molar-refractivity contribution in [2.45, 2.75) is 24.8 Å². The molecule has 4 rings (SSSR count). The number of aromatic amines is 1. The Labute approximate surface area is 152 Å². The van der Waals surface area contributed by atoms with Crippen LogP contribution in [0, 0.1) is 0 Å². The zero-order valence-electron chi connectivity index (χ0n) is 15.2. The van der Waals surface area contributed by atoms with Crippen molar-refractivity contribution in [2.24, 2.45) is 0 Å². The third-order valence-electron chi connectivity index (χ3n) is 5.99. The van der Waals surface area contributed by atoms with Gasteiger partial charge < -0.3 is 9.80 Å². The second-order valence-corrected chi connectivity index (χ2v) is 7.46. The van der Waals surface area contributed by atoms with Crippen LogP contribution in [0.15, 0.2) is 18.2 Å². The Morgan fingerprint density at radius 3 is 2.77 bits per heavy atom. The molecule has 8 nitrogen and oxygen atoms in total. The SMILES string of the molecule is CN1CC[C@]2(CCC1=O)CN(C(=O)c1ccc3n[nH]nc3c1)CCN2C. The summed E-state index contributed by atoms with van der Waals surface area (Å²) in [6.45, 7) is 2.89. The normalized spacial score (nSPS) is 25.1. The Balaban J connectivity index is 1.57. The molecule has 0 radical (unpaired) electrons. The van der Waals surface area contributed by atoms with E-state index in [2.05, 4.69) is 27.4 Å². The molecule has 0 unspecified atom stereocenters. The minimum atomic E-state index is -0.133. The lowest BCUT2D eigenvalue weighted by atomic mass is 9.86. The second-order valence-electron chi connectivity index (χ2n) is 7.46. The van der Waals surface area contributed by atoms with Crippen molar-refractivity contribution in [3.05, 3.63) is 23.8 Å². The zero-order chi connectivity index (χ0) is 18.3. The van der Waals surface area contributed by atoms with E-state index >= 15 is 0 Å². The minimum Gasteiger partial charge on any atom is -0.346 e. The third kappa shape index (κ3) is 2.84. The van der Waals surface area contributed by atoms with E-state index in [1.807, 2.05) is 29.0 Å². The van der Waals surface area contributed by atoms with Crippen LogP contribution in [0.2, 0.25) is 0 Å². The van der Waals surface area contributed by atoms with E-state index in [-0.39, 0.29) is 17.4 Å². The van der Waals surface area contributed by atoms with Crippen LogP contribution in [0.3, 0.4) is 0 Å². The molecule has 1 N–H and O–H groups in total. The number of H-pyrrole nitrogens is 1. The molecular weight excluding hydrogens is 332 g/mol. The van der Waals surface area contributed by atoms with Crippen LogP contribution in [-0.2, 0) is 4.79 Å². The predicted octanol–water partition coefficient (Wildman–Crippen LogP) is 0.727. The molecule has 0 bridgehead atoms. The van der Waals surface area contributed by atoms with Crippen LogP contribution < -0.4 is 0 Å². The quantitative estimate of drug-likeness (QED) is 0.814. The fourth-order valence-corrected chi connectivity index (χ4v) is 4.09. The average molecular weight is 356 g/mol. The van der Waals surface area contributed by atoms with Crippen molar-refractivity contribution in [1.29, 1.82) is 0 Å².